The summed E-state index contributed by atoms with van der Waals surface area (Å²) in [4.78, 5) is 14.4. The van der Waals surface area contributed by atoms with Crippen LogP contribution in [0, 0.1) is 5.82 Å². The van der Waals surface area contributed by atoms with Gasteiger partial charge in [-0.25, -0.2) is 4.39 Å². The number of likely N-dealkylation sites (tertiary alicyclic amines) is 1. The number of carbonyl (C=O) groups is 1. The Labute approximate surface area is 168 Å². The maximum absolute atomic E-state index is 13.3. The summed E-state index contributed by atoms with van der Waals surface area (Å²) in [5.41, 5.74) is 0.439. The average Bonchev–Trinajstić information content (AvgIpc) is 2.75. The van der Waals surface area contributed by atoms with E-state index in [9.17, 15) is 14.3 Å². The predicted molar refractivity (Wildman–Crippen MR) is 103 cm³/mol. The highest BCUT2D eigenvalue weighted by Crippen LogP contribution is 2.31. The fourth-order valence-corrected chi connectivity index (χ4v) is 3.29. The molecule has 1 fully saturated rings. The molecule has 1 heterocycles. The van der Waals surface area contributed by atoms with Crippen LogP contribution in [-0.2, 0) is 0 Å². The summed E-state index contributed by atoms with van der Waals surface area (Å²) >= 11 is 0. The predicted octanol–water partition coefficient (Wildman–Crippen LogP) is 2.51. The van der Waals surface area contributed by atoms with E-state index >= 15 is 0 Å². The van der Waals surface area contributed by atoms with Gasteiger partial charge < -0.3 is 29.0 Å². The molecule has 0 aromatic heterocycles. The van der Waals surface area contributed by atoms with Crippen LogP contribution < -0.4 is 18.9 Å². The topological polar surface area (TPSA) is 77.5 Å². The quantitative estimate of drug-likeness (QED) is 0.796. The Morgan fingerprint density at radius 1 is 1.00 bits per heavy atom. The van der Waals surface area contributed by atoms with Crippen molar-refractivity contribution in [3.05, 3.63) is 47.8 Å². The van der Waals surface area contributed by atoms with Gasteiger partial charge in [0.05, 0.1) is 27.9 Å². The van der Waals surface area contributed by atoms with Crippen molar-refractivity contribution < 1.29 is 33.2 Å². The molecule has 1 aliphatic heterocycles. The first-order valence-corrected chi connectivity index (χ1v) is 9.16. The number of piperidine rings is 1. The summed E-state index contributed by atoms with van der Waals surface area (Å²) in [5, 5.41) is 10.5. The highest BCUT2D eigenvalue weighted by atomic mass is 19.1. The van der Waals surface area contributed by atoms with E-state index in [0.29, 0.717) is 35.8 Å². The molecule has 0 unspecified atom stereocenters. The Balaban J connectivity index is 1.67. The number of ether oxygens (including phenoxy) is 4. The molecule has 156 valence electrons. The van der Waals surface area contributed by atoms with E-state index in [-0.39, 0.29) is 18.2 Å². The number of methoxy groups -OCH3 is 3. The molecule has 1 amide bonds. The van der Waals surface area contributed by atoms with Crippen LogP contribution in [0.2, 0.25) is 0 Å². The molecule has 29 heavy (non-hydrogen) atoms. The van der Waals surface area contributed by atoms with Crippen LogP contribution in [-0.4, -0.2) is 62.5 Å². The lowest BCUT2D eigenvalue weighted by Crippen LogP contribution is -2.51. The first-order chi connectivity index (χ1) is 14.0. The first kappa shape index (κ1) is 20.7. The minimum Gasteiger partial charge on any atom is -0.493 e. The number of hydrogen-bond acceptors (Lipinski definition) is 6. The van der Waals surface area contributed by atoms with Crippen molar-refractivity contribution in [1.29, 1.82) is 0 Å². The van der Waals surface area contributed by atoms with E-state index < -0.39 is 18.0 Å². The number of benzene rings is 2. The zero-order chi connectivity index (χ0) is 21.0. The molecule has 2 aromatic carbocycles. The van der Waals surface area contributed by atoms with Gasteiger partial charge in [0.15, 0.2) is 23.0 Å². The van der Waals surface area contributed by atoms with Crippen molar-refractivity contribution in [2.24, 2.45) is 0 Å². The third-order valence-electron chi connectivity index (χ3n) is 4.84. The molecule has 3 rings (SSSR count). The van der Waals surface area contributed by atoms with Gasteiger partial charge in [0.2, 0.25) is 0 Å². The van der Waals surface area contributed by atoms with Gasteiger partial charge in [0, 0.05) is 24.6 Å². The van der Waals surface area contributed by atoms with Crippen LogP contribution in [0.4, 0.5) is 4.39 Å². The SMILES string of the molecule is COc1ccc(C(=O)N2CC[C@@H](Oc3ccc(F)cc3OC)[C@H](O)C2)cc1OC. The summed E-state index contributed by atoms with van der Waals surface area (Å²) in [6.45, 7) is 0.514. The molecule has 0 bridgehead atoms. The normalized spacial score (nSPS) is 18.9. The van der Waals surface area contributed by atoms with E-state index in [4.69, 9.17) is 18.9 Å². The summed E-state index contributed by atoms with van der Waals surface area (Å²) in [7, 11) is 4.45. The lowest BCUT2D eigenvalue weighted by atomic mass is 10.0. The molecule has 1 N–H and O–H groups in total. The molecule has 0 radical (unpaired) electrons. The van der Waals surface area contributed by atoms with Crippen molar-refractivity contribution in [1.82, 2.24) is 4.90 Å². The number of aliphatic hydroxyl groups is 1. The van der Waals surface area contributed by atoms with Crippen molar-refractivity contribution >= 4 is 5.91 Å². The number of aliphatic hydroxyl groups excluding tert-OH is 1. The number of β-amino-alcohol motifs (C(OH)–C–C–N with tert-alkyl or cyclic N) is 1. The van der Waals surface area contributed by atoms with E-state index in [1.807, 2.05) is 0 Å². The molecule has 0 saturated carbocycles. The molecular weight excluding hydrogens is 381 g/mol. The van der Waals surface area contributed by atoms with Crippen molar-refractivity contribution in [3.63, 3.8) is 0 Å². The Hall–Kier alpha value is -3.00. The van der Waals surface area contributed by atoms with Crippen molar-refractivity contribution in [2.75, 3.05) is 34.4 Å². The fourth-order valence-electron chi connectivity index (χ4n) is 3.29. The van der Waals surface area contributed by atoms with Crippen LogP contribution >= 0.6 is 0 Å². The van der Waals surface area contributed by atoms with Gasteiger partial charge in [-0.2, -0.15) is 0 Å². The lowest BCUT2D eigenvalue weighted by Gasteiger charge is -2.36. The molecule has 2 atom stereocenters. The third kappa shape index (κ3) is 4.54. The van der Waals surface area contributed by atoms with Crippen molar-refractivity contribution in [2.45, 2.75) is 18.6 Å². The highest BCUT2D eigenvalue weighted by molar-refractivity contribution is 5.95. The zero-order valence-electron chi connectivity index (χ0n) is 16.6. The van der Waals surface area contributed by atoms with Crippen LogP contribution in [0.15, 0.2) is 36.4 Å². The molecule has 1 saturated heterocycles. The van der Waals surface area contributed by atoms with Gasteiger partial charge in [-0.15, -0.1) is 0 Å². The zero-order valence-corrected chi connectivity index (χ0v) is 16.6. The van der Waals surface area contributed by atoms with Gasteiger partial charge in [-0.05, 0) is 30.3 Å². The summed E-state index contributed by atoms with van der Waals surface area (Å²) in [5.74, 6) is 0.927. The standard InChI is InChI=1S/C21H24FNO6/c1-26-17-6-4-13(10-19(17)27-2)21(25)23-9-8-16(15(24)12-23)29-18-7-5-14(22)11-20(18)28-3/h4-7,10-11,15-16,24H,8-9,12H2,1-3H3/t15-,16-/m1/s1. The van der Waals surface area contributed by atoms with E-state index in [2.05, 4.69) is 0 Å². The molecule has 2 aromatic rings. The van der Waals surface area contributed by atoms with Crippen molar-refractivity contribution in [3.8, 4) is 23.0 Å². The largest absolute Gasteiger partial charge is 0.493 e. The molecule has 0 spiro atoms. The number of amides is 1. The van der Waals surface area contributed by atoms with Gasteiger partial charge in [-0.1, -0.05) is 0 Å². The second-order valence-electron chi connectivity index (χ2n) is 6.63. The first-order valence-electron chi connectivity index (χ1n) is 9.16. The monoisotopic (exact) mass is 405 g/mol. The summed E-state index contributed by atoms with van der Waals surface area (Å²) < 4.78 is 34.7. The molecular formula is C21H24FNO6. The number of hydrogen-bond donors (Lipinski definition) is 1. The second kappa shape index (κ2) is 9.00. The van der Waals surface area contributed by atoms with Crippen LogP contribution in [0.25, 0.3) is 0 Å². The number of nitrogens with zero attached hydrogens (tertiary/aromatic N) is 1. The minimum atomic E-state index is -0.900. The van der Waals surface area contributed by atoms with Gasteiger partial charge in [-0.3, -0.25) is 4.79 Å². The Bertz CT molecular complexity index is 874. The highest BCUT2D eigenvalue weighted by Gasteiger charge is 2.32. The van der Waals surface area contributed by atoms with E-state index in [1.54, 1.807) is 23.1 Å². The average molecular weight is 405 g/mol. The van der Waals surface area contributed by atoms with Gasteiger partial charge in [0.1, 0.15) is 18.0 Å². The Kier molecular flexibility index (Phi) is 6.43. The van der Waals surface area contributed by atoms with Gasteiger partial charge in [0.25, 0.3) is 5.91 Å². The minimum absolute atomic E-state index is 0.112. The van der Waals surface area contributed by atoms with Gasteiger partial charge >= 0.3 is 0 Å². The number of carbonyl (C=O) groups excluding carboxylic acids is 1. The molecule has 0 aliphatic carbocycles. The Morgan fingerprint density at radius 2 is 1.66 bits per heavy atom. The van der Waals surface area contributed by atoms with Crippen LogP contribution in [0.5, 0.6) is 23.0 Å². The molecule has 1 aliphatic rings. The Morgan fingerprint density at radius 3 is 2.31 bits per heavy atom. The maximum atomic E-state index is 13.3. The smallest absolute Gasteiger partial charge is 0.254 e. The summed E-state index contributed by atoms with van der Waals surface area (Å²) in [6, 6.07) is 8.88. The number of rotatable bonds is 6. The lowest BCUT2D eigenvalue weighted by molar-refractivity contribution is -0.0207. The molecule has 8 heteroatoms. The number of halogens is 1. The third-order valence-corrected chi connectivity index (χ3v) is 4.84. The van der Waals surface area contributed by atoms with Crippen LogP contribution in [0.1, 0.15) is 16.8 Å². The fraction of sp³-hybridized carbons (Fsp3) is 0.381. The van der Waals surface area contributed by atoms with E-state index in [0.717, 1.165) is 0 Å². The van der Waals surface area contributed by atoms with E-state index in [1.165, 1.54) is 39.5 Å². The van der Waals surface area contributed by atoms with Crippen LogP contribution in [0.3, 0.4) is 0 Å². The second-order valence-corrected chi connectivity index (χ2v) is 6.63. The maximum Gasteiger partial charge on any atom is 0.254 e. The molecule has 7 nitrogen and oxygen atoms in total. The summed E-state index contributed by atoms with van der Waals surface area (Å²) in [6.07, 6.45) is -1.02.